The van der Waals surface area contributed by atoms with Crippen LogP contribution in [0.1, 0.15) is 0 Å². The van der Waals surface area contributed by atoms with E-state index in [1.807, 2.05) is 0 Å². The molecule has 0 bridgehead atoms. The number of rotatable bonds is 4. The van der Waals surface area contributed by atoms with Gasteiger partial charge in [0, 0.05) is 0 Å². The minimum atomic E-state index is -4.35. The van der Waals surface area contributed by atoms with E-state index in [9.17, 15) is 13.2 Å². The lowest BCUT2D eigenvalue weighted by molar-refractivity contribution is -0.186. The molecule has 0 aliphatic rings. The SMILES string of the molecule is FC(F)(F)COCOc1ccc(Cl)nc1. The highest BCUT2D eigenvalue weighted by molar-refractivity contribution is 6.29. The number of aromatic nitrogens is 1. The molecule has 0 saturated carbocycles. The number of nitrogens with zero attached hydrogens (tertiary/aromatic N) is 1. The van der Waals surface area contributed by atoms with Crippen molar-refractivity contribution < 1.29 is 22.6 Å². The molecule has 7 heteroatoms. The fourth-order valence-electron chi connectivity index (χ4n) is 0.715. The zero-order chi connectivity index (χ0) is 11.3. The normalized spacial score (nSPS) is 11.5. The monoisotopic (exact) mass is 241 g/mol. The molecule has 1 aromatic rings. The molecular weight excluding hydrogens is 235 g/mol. The molecule has 0 atom stereocenters. The third-order valence-electron chi connectivity index (χ3n) is 1.27. The Labute approximate surface area is 88.8 Å². The van der Waals surface area contributed by atoms with Gasteiger partial charge in [-0.15, -0.1) is 0 Å². The third-order valence-corrected chi connectivity index (χ3v) is 1.50. The average molecular weight is 242 g/mol. The molecule has 0 amide bonds. The Balaban J connectivity index is 2.23. The molecule has 15 heavy (non-hydrogen) atoms. The first kappa shape index (κ1) is 12.1. The summed E-state index contributed by atoms with van der Waals surface area (Å²) in [5.41, 5.74) is 0. The predicted molar refractivity (Wildman–Crippen MR) is 46.7 cm³/mol. The molecule has 84 valence electrons. The molecule has 0 N–H and O–H groups in total. The van der Waals surface area contributed by atoms with E-state index >= 15 is 0 Å². The molecule has 0 aromatic carbocycles. The van der Waals surface area contributed by atoms with Gasteiger partial charge in [-0.25, -0.2) is 4.98 Å². The maximum Gasteiger partial charge on any atom is 0.411 e. The fourth-order valence-corrected chi connectivity index (χ4v) is 0.827. The van der Waals surface area contributed by atoms with E-state index in [0.29, 0.717) is 5.75 Å². The fraction of sp³-hybridized carbons (Fsp3) is 0.375. The van der Waals surface area contributed by atoms with Crippen LogP contribution in [0.5, 0.6) is 5.75 Å². The van der Waals surface area contributed by atoms with Crippen LogP contribution in [-0.2, 0) is 4.74 Å². The van der Waals surface area contributed by atoms with Crippen molar-refractivity contribution in [3.8, 4) is 5.75 Å². The molecule has 1 rings (SSSR count). The zero-order valence-electron chi connectivity index (χ0n) is 7.42. The van der Waals surface area contributed by atoms with E-state index in [1.54, 1.807) is 0 Å². The van der Waals surface area contributed by atoms with Gasteiger partial charge in [0.1, 0.15) is 17.5 Å². The van der Waals surface area contributed by atoms with Crippen LogP contribution < -0.4 is 4.74 Å². The first-order valence-electron chi connectivity index (χ1n) is 3.86. The highest BCUT2D eigenvalue weighted by Crippen LogP contribution is 2.15. The zero-order valence-corrected chi connectivity index (χ0v) is 8.18. The molecule has 0 unspecified atom stereocenters. The Hall–Kier alpha value is -1.01. The van der Waals surface area contributed by atoms with Gasteiger partial charge in [0.25, 0.3) is 0 Å². The van der Waals surface area contributed by atoms with Crippen molar-refractivity contribution in [2.24, 2.45) is 0 Å². The number of halogens is 4. The second kappa shape index (κ2) is 5.18. The molecule has 0 fully saturated rings. The van der Waals surface area contributed by atoms with Crippen molar-refractivity contribution in [3.63, 3.8) is 0 Å². The van der Waals surface area contributed by atoms with Crippen LogP contribution in [-0.4, -0.2) is 24.6 Å². The highest BCUT2D eigenvalue weighted by atomic mass is 35.5. The lowest BCUT2D eigenvalue weighted by Gasteiger charge is -2.08. The van der Waals surface area contributed by atoms with Crippen molar-refractivity contribution in [1.29, 1.82) is 0 Å². The topological polar surface area (TPSA) is 31.4 Å². The van der Waals surface area contributed by atoms with E-state index < -0.39 is 19.6 Å². The molecule has 0 spiro atoms. The van der Waals surface area contributed by atoms with Crippen molar-refractivity contribution in [1.82, 2.24) is 4.98 Å². The van der Waals surface area contributed by atoms with Crippen LogP contribution in [0.2, 0.25) is 5.15 Å². The molecular formula is C8H7ClF3NO2. The van der Waals surface area contributed by atoms with E-state index in [-0.39, 0.29) is 5.15 Å². The summed E-state index contributed by atoms with van der Waals surface area (Å²) in [7, 11) is 0. The second-order valence-electron chi connectivity index (χ2n) is 2.54. The minimum Gasteiger partial charge on any atom is -0.466 e. The second-order valence-corrected chi connectivity index (χ2v) is 2.93. The average Bonchev–Trinajstić information content (AvgIpc) is 2.14. The summed E-state index contributed by atoms with van der Waals surface area (Å²) in [6.45, 7) is -1.82. The number of alkyl halides is 3. The molecule has 0 aliphatic carbocycles. The van der Waals surface area contributed by atoms with E-state index in [0.717, 1.165) is 0 Å². The van der Waals surface area contributed by atoms with Gasteiger partial charge in [-0.3, -0.25) is 0 Å². The molecule has 1 aromatic heterocycles. The third kappa shape index (κ3) is 5.44. The Bertz CT molecular complexity index is 302. The van der Waals surface area contributed by atoms with Crippen LogP contribution in [0.25, 0.3) is 0 Å². The summed E-state index contributed by atoms with van der Waals surface area (Å²) in [6, 6.07) is 2.94. The summed E-state index contributed by atoms with van der Waals surface area (Å²) in [5.74, 6) is 0.293. The first-order valence-corrected chi connectivity index (χ1v) is 4.24. The molecule has 0 radical (unpaired) electrons. The summed E-state index contributed by atoms with van der Waals surface area (Å²) < 4.78 is 43.9. The van der Waals surface area contributed by atoms with Gasteiger partial charge < -0.3 is 9.47 Å². The summed E-state index contributed by atoms with van der Waals surface area (Å²) in [6.07, 6.45) is -3.05. The molecule has 3 nitrogen and oxygen atoms in total. The maximum absolute atomic E-state index is 11.6. The molecule has 0 aliphatic heterocycles. The van der Waals surface area contributed by atoms with Gasteiger partial charge in [0.15, 0.2) is 6.79 Å². The number of pyridine rings is 1. The van der Waals surface area contributed by atoms with Gasteiger partial charge in [0.05, 0.1) is 6.20 Å². The van der Waals surface area contributed by atoms with Gasteiger partial charge in [-0.2, -0.15) is 13.2 Å². The maximum atomic E-state index is 11.6. The Morgan fingerprint density at radius 2 is 2.07 bits per heavy atom. The highest BCUT2D eigenvalue weighted by Gasteiger charge is 2.27. The number of hydrogen-bond donors (Lipinski definition) is 0. The minimum absolute atomic E-state index is 0.276. The summed E-state index contributed by atoms with van der Waals surface area (Å²) in [5, 5.41) is 0.276. The van der Waals surface area contributed by atoms with E-state index in [1.165, 1.54) is 18.3 Å². The van der Waals surface area contributed by atoms with Crippen molar-refractivity contribution in [2.75, 3.05) is 13.4 Å². The Morgan fingerprint density at radius 1 is 1.33 bits per heavy atom. The van der Waals surface area contributed by atoms with Gasteiger partial charge in [-0.05, 0) is 12.1 Å². The number of ether oxygens (including phenoxy) is 2. The van der Waals surface area contributed by atoms with Gasteiger partial charge in [-0.1, -0.05) is 11.6 Å². The van der Waals surface area contributed by atoms with Crippen molar-refractivity contribution in [3.05, 3.63) is 23.5 Å². The van der Waals surface area contributed by atoms with Crippen LogP contribution in [0, 0.1) is 0 Å². The predicted octanol–water partition coefficient (Wildman–Crippen LogP) is 2.65. The lowest BCUT2D eigenvalue weighted by atomic mass is 10.5. The first-order chi connectivity index (χ1) is 6.97. The molecule has 0 saturated heterocycles. The van der Waals surface area contributed by atoms with Crippen molar-refractivity contribution >= 4 is 11.6 Å². The largest absolute Gasteiger partial charge is 0.466 e. The molecule has 1 heterocycles. The number of hydrogen-bond acceptors (Lipinski definition) is 3. The lowest BCUT2D eigenvalue weighted by Crippen LogP contribution is -2.19. The quantitative estimate of drug-likeness (QED) is 0.461. The van der Waals surface area contributed by atoms with Crippen LogP contribution in [0.15, 0.2) is 18.3 Å². The standard InChI is InChI=1S/C8H7ClF3NO2/c9-7-2-1-6(3-13-7)15-5-14-4-8(10,11)12/h1-3H,4-5H2. The van der Waals surface area contributed by atoms with Crippen molar-refractivity contribution in [2.45, 2.75) is 6.18 Å². The smallest absolute Gasteiger partial charge is 0.411 e. The van der Waals surface area contributed by atoms with E-state index in [4.69, 9.17) is 16.3 Å². The Kier molecular flexibility index (Phi) is 4.16. The van der Waals surface area contributed by atoms with Crippen LogP contribution in [0.4, 0.5) is 13.2 Å². The Morgan fingerprint density at radius 3 is 2.60 bits per heavy atom. The summed E-state index contributed by atoms with van der Waals surface area (Å²) in [4.78, 5) is 3.67. The van der Waals surface area contributed by atoms with Gasteiger partial charge >= 0.3 is 6.18 Å². The van der Waals surface area contributed by atoms with Crippen LogP contribution in [0.3, 0.4) is 0 Å². The van der Waals surface area contributed by atoms with Gasteiger partial charge in [0.2, 0.25) is 0 Å². The summed E-state index contributed by atoms with van der Waals surface area (Å²) >= 11 is 5.49. The van der Waals surface area contributed by atoms with Crippen LogP contribution >= 0.6 is 11.6 Å². The van der Waals surface area contributed by atoms with E-state index in [2.05, 4.69) is 9.72 Å².